The van der Waals surface area contributed by atoms with Crippen LogP contribution in [0, 0.1) is 8.96 Å². The van der Waals surface area contributed by atoms with Crippen molar-refractivity contribution in [3.05, 3.63) is 50.3 Å². The molecule has 0 fully saturated rings. The highest BCUT2D eigenvalue weighted by molar-refractivity contribution is 14.1. The van der Waals surface area contributed by atoms with Crippen LogP contribution in [0.25, 0.3) is 4.98 Å². The molecule has 0 aliphatic heterocycles. The quantitative estimate of drug-likeness (QED) is 0.367. The zero-order valence-corrected chi connectivity index (χ0v) is 11.5. The van der Waals surface area contributed by atoms with Gasteiger partial charge in [-0.05, 0) is 34.2 Å². The molecule has 1 N–H and O–H groups in total. The van der Waals surface area contributed by atoms with Crippen molar-refractivity contribution in [1.82, 2.24) is 0 Å². The third kappa shape index (κ3) is 3.80. The molecule has 78 valence electrons. The van der Waals surface area contributed by atoms with Crippen LogP contribution in [-0.4, -0.2) is 5.11 Å². The third-order valence-electron chi connectivity index (χ3n) is 1.84. The van der Waals surface area contributed by atoms with E-state index in [-0.39, 0.29) is 10.6 Å². The first-order valence-electron chi connectivity index (χ1n) is 4.26. The molecule has 3 nitrogen and oxygen atoms in total. The second kappa shape index (κ2) is 6.08. The number of halogens is 2. The summed E-state index contributed by atoms with van der Waals surface area (Å²) in [7, 11) is 0. The Labute approximate surface area is 110 Å². The Balaban J connectivity index is 2.79. The molecule has 1 atom stereocenters. The number of alkyl halides is 1. The molecule has 0 radical (unpaired) electrons. The lowest BCUT2D eigenvalue weighted by Crippen LogP contribution is -1.95. The first kappa shape index (κ1) is 12.5. The van der Waals surface area contributed by atoms with E-state index in [0.717, 1.165) is 15.3 Å². The Morgan fingerprint density at radius 2 is 2.27 bits per heavy atom. The molecule has 0 bridgehead atoms. The number of aliphatic hydroxyl groups is 1. The first-order chi connectivity index (χ1) is 7.15. The summed E-state index contributed by atoms with van der Waals surface area (Å²) in [6.45, 7) is 0. The fraction of sp³-hybridized carbons (Fsp3) is 0.200. The number of aliphatic hydroxyl groups excluding tert-OH is 1. The summed E-state index contributed by atoms with van der Waals surface area (Å²) in [5, 5.41) is 17.6. The van der Waals surface area contributed by atoms with Gasteiger partial charge in [0.05, 0.1) is 0 Å². The summed E-state index contributed by atoms with van der Waals surface area (Å²) < 4.78 is 1.13. The van der Waals surface area contributed by atoms with Crippen LogP contribution in [-0.2, 0) is 0 Å². The van der Waals surface area contributed by atoms with Crippen LogP contribution in [0.3, 0.4) is 0 Å². The van der Waals surface area contributed by atoms with Crippen molar-refractivity contribution in [2.24, 2.45) is 0 Å². The molecule has 1 rings (SSSR count). The Hall–Kier alpha value is -0.610. The number of hydrogen-bond acceptors (Lipinski definition) is 2. The number of allylic oxidation sites excluding steroid dienone is 1. The summed E-state index contributed by atoms with van der Waals surface area (Å²) in [5.74, 6) is 0.0408. The van der Waals surface area contributed by atoms with Crippen molar-refractivity contribution in [1.29, 1.82) is 5.39 Å². The lowest BCUT2D eigenvalue weighted by molar-refractivity contribution is 0.388. The molecule has 1 aromatic carbocycles. The molecular weight excluding hydrogens is 371 g/mol. The highest BCUT2D eigenvalue weighted by Gasteiger charge is 2.14. The van der Waals surface area contributed by atoms with Crippen LogP contribution in [0.1, 0.15) is 16.8 Å². The number of nitrogens with zero attached hydrogens (tertiary/aromatic N) is 2. The molecule has 0 aliphatic rings. The molecular formula is C10H9BrIN2O+. The fourth-order valence-electron chi connectivity index (χ4n) is 1.14. The van der Waals surface area contributed by atoms with Crippen LogP contribution in [0.4, 0.5) is 0 Å². The van der Waals surface area contributed by atoms with Gasteiger partial charge in [-0.25, -0.2) is 0 Å². The maximum atomic E-state index is 9.35. The van der Waals surface area contributed by atoms with E-state index in [1.54, 1.807) is 0 Å². The smallest absolute Gasteiger partial charge is 0.387 e. The third-order valence-corrected chi connectivity index (χ3v) is 3.64. The lowest BCUT2D eigenvalue weighted by atomic mass is 10.1. The summed E-state index contributed by atoms with van der Waals surface area (Å²) in [5.41, 5.74) is 1.11. The highest BCUT2D eigenvalue weighted by atomic mass is 127. The molecule has 0 spiro atoms. The van der Waals surface area contributed by atoms with Gasteiger partial charge in [-0.3, -0.25) is 0 Å². The summed E-state index contributed by atoms with van der Waals surface area (Å²) >= 11 is 5.72. The molecule has 0 saturated carbocycles. The van der Waals surface area contributed by atoms with Gasteiger partial charge in [-0.15, -0.1) is 0 Å². The average molecular weight is 380 g/mol. The van der Waals surface area contributed by atoms with Crippen LogP contribution < -0.4 is 0 Å². The fourth-order valence-corrected chi connectivity index (χ4v) is 3.06. The van der Waals surface area contributed by atoms with Crippen LogP contribution in [0.2, 0.25) is 0 Å². The number of diazo groups is 1. The van der Waals surface area contributed by atoms with Gasteiger partial charge in [0, 0.05) is 14.8 Å². The minimum atomic E-state index is 0.0172. The normalized spacial score (nSPS) is 13.3. The van der Waals surface area contributed by atoms with E-state index < -0.39 is 0 Å². The van der Waals surface area contributed by atoms with E-state index in [2.05, 4.69) is 43.5 Å². The first-order valence-corrected chi connectivity index (χ1v) is 6.25. The Kier molecular flexibility index (Phi) is 5.05. The monoisotopic (exact) mass is 379 g/mol. The molecule has 0 amide bonds. The standard InChI is InChI=1S/C10H8BrIN2O/c11-9(5-7(15)6-14-13)8-3-1-2-4-10(8)12/h1-4,6,9H,5H2/p+1/b7-6+. The molecule has 15 heavy (non-hydrogen) atoms. The lowest BCUT2D eigenvalue weighted by Gasteiger charge is -2.09. The maximum absolute atomic E-state index is 9.35. The van der Waals surface area contributed by atoms with E-state index in [0.29, 0.717) is 6.42 Å². The second-order valence-electron chi connectivity index (χ2n) is 2.93. The summed E-state index contributed by atoms with van der Waals surface area (Å²) in [4.78, 5) is 2.79. The van der Waals surface area contributed by atoms with E-state index in [1.165, 1.54) is 0 Å². The van der Waals surface area contributed by atoms with Gasteiger partial charge >= 0.3 is 6.20 Å². The van der Waals surface area contributed by atoms with Crippen molar-refractivity contribution in [2.75, 3.05) is 0 Å². The highest BCUT2D eigenvalue weighted by Crippen LogP contribution is 2.31. The van der Waals surface area contributed by atoms with E-state index >= 15 is 0 Å². The van der Waals surface area contributed by atoms with Gasteiger partial charge in [0.25, 0.3) is 0 Å². The second-order valence-corrected chi connectivity index (χ2v) is 5.20. The van der Waals surface area contributed by atoms with Gasteiger partial charge in [0.2, 0.25) is 5.39 Å². The summed E-state index contributed by atoms with van der Waals surface area (Å²) in [6.07, 6.45) is 1.42. The van der Waals surface area contributed by atoms with E-state index in [9.17, 15) is 5.11 Å². The molecule has 0 heterocycles. The Morgan fingerprint density at radius 1 is 1.60 bits per heavy atom. The van der Waals surface area contributed by atoms with Crippen LogP contribution >= 0.6 is 38.5 Å². The molecule has 0 aliphatic carbocycles. The van der Waals surface area contributed by atoms with Crippen molar-refractivity contribution < 1.29 is 5.11 Å². The van der Waals surface area contributed by atoms with Crippen LogP contribution in [0.5, 0.6) is 0 Å². The molecule has 0 saturated heterocycles. The number of hydrogen-bond donors (Lipinski definition) is 1. The number of rotatable bonds is 3. The minimum Gasteiger partial charge on any atom is -0.505 e. The zero-order chi connectivity index (χ0) is 11.3. The molecule has 5 heteroatoms. The van der Waals surface area contributed by atoms with Crippen molar-refractivity contribution in [2.45, 2.75) is 11.2 Å². The SMILES string of the molecule is N#[N+]/C=C(/O)CC(Br)c1ccccc1I. The number of benzene rings is 1. The van der Waals surface area contributed by atoms with E-state index in [4.69, 9.17) is 5.39 Å². The molecule has 0 aromatic heterocycles. The summed E-state index contributed by atoms with van der Waals surface area (Å²) in [6, 6.07) is 7.90. The molecule has 1 unspecified atom stereocenters. The Morgan fingerprint density at radius 3 is 2.87 bits per heavy atom. The van der Waals surface area contributed by atoms with Gasteiger partial charge in [-0.2, -0.15) is 0 Å². The predicted molar refractivity (Wildman–Crippen MR) is 71.2 cm³/mol. The average Bonchev–Trinajstić information content (AvgIpc) is 2.18. The van der Waals surface area contributed by atoms with E-state index in [1.807, 2.05) is 24.3 Å². The van der Waals surface area contributed by atoms with Gasteiger partial charge in [0.15, 0.2) is 10.7 Å². The Bertz CT molecular complexity index is 414. The molecule has 1 aromatic rings. The predicted octanol–water partition coefficient (Wildman–Crippen LogP) is 4.37. The van der Waals surface area contributed by atoms with Crippen molar-refractivity contribution in [3.8, 4) is 0 Å². The van der Waals surface area contributed by atoms with Crippen molar-refractivity contribution >= 4 is 38.5 Å². The van der Waals surface area contributed by atoms with Crippen molar-refractivity contribution in [3.63, 3.8) is 0 Å². The topological polar surface area (TPSA) is 48.4 Å². The zero-order valence-electron chi connectivity index (χ0n) is 7.77. The minimum absolute atomic E-state index is 0.0172. The van der Waals surface area contributed by atoms with Gasteiger partial charge in [0.1, 0.15) is 0 Å². The largest absolute Gasteiger partial charge is 0.505 e. The van der Waals surface area contributed by atoms with Crippen LogP contribution in [0.15, 0.2) is 36.2 Å². The maximum Gasteiger partial charge on any atom is 0.387 e. The van der Waals surface area contributed by atoms with Gasteiger partial charge in [-0.1, -0.05) is 34.1 Å². The van der Waals surface area contributed by atoms with Gasteiger partial charge < -0.3 is 5.11 Å².